The predicted molar refractivity (Wildman–Crippen MR) is 63.3 cm³/mol. The smallest absolute Gasteiger partial charge is 0.224 e. The molecular formula is C13H17NO2. The van der Waals surface area contributed by atoms with E-state index in [1.807, 2.05) is 18.2 Å². The summed E-state index contributed by atoms with van der Waals surface area (Å²) in [5.74, 6) is 0.293. The third-order valence-corrected chi connectivity index (χ3v) is 3.31. The van der Waals surface area contributed by atoms with E-state index in [4.69, 9.17) is 0 Å². The molecule has 1 aromatic rings. The molecule has 1 aromatic carbocycles. The molecule has 3 nitrogen and oxygen atoms in total. The van der Waals surface area contributed by atoms with E-state index in [1.54, 1.807) is 11.8 Å². The van der Waals surface area contributed by atoms with Crippen molar-refractivity contribution in [3.8, 4) is 0 Å². The number of nitrogens with zero attached hydrogens (tertiary/aromatic N) is 1. The van der Waals surface area contributed by atoms with Crippen molar-refractivity contribution in [2.24, 2.45) is 5.92 Å². The van der Waals surface area contributed by atoms with Gasteiger partial charge in [-0.1, -0.05) is 25.1 Å². The summed E-state index contributed by atoms with van der Waals surface area (Å²) in [5.41, 5.74) is 2.14. The van der Waals surface area contributed by atoms with Gasteiger partial charge >= 0.3 is 0 Å². The summed E-state index contributed by atoms with van der Waals surface area (Å²) in [6.45, 7) is 3.65. The lowest BCUT2D eigenvalue weighted by molar-refractivity contribution is -0.117. The lowest BCUT2D eigenvalue weighted by atomic mass is 9.87. The molecule has 1 aliphatic heterocycles. The summed E-state index contributed by atoms with van der Waals surface area (Å²) in [7, 11) is 0. The van der Waals surface area contributed by atoms with Crippen molar-refractivity contribution < 1.29 is 9.90 Å². The molecule has 0 saturated carbocycles. The van der Waals surface area contributed by atoms with Crippen LogP contribution < -0.4 is 4.90 Å². The SMILES string of the molecule is CC(=O)N1c2ccccc2CC(C)[C@@H]1CO. The van der Waals surface area contributed by atoms with Gasteiger partial charge in [0.1, 0.15) is 0 Å². The third-order valence-electron chi connectivity index (χ3n) is 3.31. The second-order valence-corrected chi connectivity index (χ2v) is 4.45. The van der Waals surface area contributed by atoms with E-state index in [0.29, 0.717) is 5.92 Å². The van der Waals surface area contributed by atoms with Crippen LogP contribution in [-0.4, -0.2) is 23.7 Å². The zero-order valence-corrected chi connectivity index (χ0v) is 9.68. The van der Waals surface area contributed by atoms with E-state index in [1.165, 1.54) is 5.56 Å². The molecule has 3 heteroatoms. The van der Waals surface area contributed by atoms with Gasteiger partial charge in [0, 0.05) is 12.6 Å². The molecule has 0 aromatic heterocycles. The van der Waals surface area contributed by atoms with Gasteiger partial charge in [0.05, 0.1) is 12.6 Å². The Morgan fingerprint density at radius 3 is 2.81 bits per heavy atom. The minimum Gasteiger partial charge on any atom is -0.394 e. The number of aliphatic hydroxyl groups excluding tert-OH is 1. The molecule has 2 atom stereocenters. The summed E-state index contributed by atoms with van der Waals surface area (Å²) >= 11 is 0. The van der Waals surface area contributed by atoms with Crippen LogP contribution in [0.3, 0.4) is 0 Å². The molecule has 1 heterocycles. The van der Waals surface area contributed by atoms with Crippen molar-refractivity contribution >= 4 is 11.6 Å². The van der Waals surface area contributed by atoms with Crippen LogP contribution in [0.25, 0.3) is 0 Å². The maximum absolute atomic E-state index is 11.7. The average molecular weight is 219 g/mol. The van der Waals surface area contributed by atoms with Crippen LogP contribution in [0.2, 0.25) is 0 Å². The molecule has 16 heavy (non-hydrogen) atoms. The first-order chi connectivity index (χ1) is 7.65. The standard InChI is InChI=1S/C13H17NO2/c1-9-7-11-5-3-4-6-12(11)14(10(2)16)13(9)8-15/h3-6,9,13,15H,7-8H2,1-2H3/t9?,13-/m0/s1. The molecule has 0 radical (unpaired) electrons. The van der Waals surface area contributed by atoms with E-state index in [-0.39, 0.29) is 18.6 Å². The zero-order chi connectivity index (χ0) is 11.7. The first-order valence-electron chi connectivity index (χ1n) is 5.63. The second-order valence-electron chi connectivity index (χ2n) is 4.45. The van der Waals surface area contributed by atoms with Gasteiger partial charge in [-0.3, -0.25) is 4.79 Å². The number of anilines is 1. The number of hydrogen-bond donors (Lipinski definition) is 1. The third kappa shape index (κ3) is 1.71. The van der Waals surface area contributed by atoms with Gasteiger partial charge < -0.3 is 10.0 Å². The van der Waals surface area contributed by atoms with Crippen LogP contribution in [0, 0.1) is 5.92 Å². The van der Waals surface area contributed by atoms with Crippen LogP contribution in [0.5, 0.6) is 0 Å². The quantitative estimate of drug-likeness (QED) is 0.779. The van der Waals surface area contributed by atoms with Crippen LogP contribution in [0.4, 0.5) is 5.69 Å². The fraction of sp³-hybridized carbons (Fsp3) is 0.462. The van der Waals surface area contributed by atoms with Crippen LogP contribution in [0.15, 0.2) is 24.3 Å². The lowest BCUT2D eigenvalue weighted by Crippen LogP contribution is -2.49. The van der Waals surface area contributed by atoms with Crippen molar-refractivity contribution in [3.05, 3.63) is 29.8 Å². The predicted octanol–water partition coefficient (Wildman–Crippen LogP) is 1.59. The number of aliphatic hydroxyl groups is 1. The number of rotatable bonds is 1. The maximum Gasteiger partial charge on any atom is 0.224 e. The first-order valence-corrected chi connectivity index (χ1v) is 5.63. The Morgan fingerprint density at radius 1 is 1.50 bits per heavy atom. The molecule has 86 valence electrons. The Kier molecular flexibility index (Phi) is 2.97. The number of amides is 1. The van der Waals surface area contributed by atoms with Crippen molar-refractivity contribution in [2.75, 3.05) is 11.5 Å². The number of fused-ring (bicyclic) bond motifs is 1. The normalized spacial score (nSPS) is 24.1. The monoisotopic (exact) mass is 219 g/mol. The van der Waals surface area contributed by atoms with Crippen molar-refractivity contribution in [1.29, 1.82) is 0 Å². The molecule has 0 bridgehead atoms. The van der Waals surface area contributed by atoms with Gasteiger partial charge in [-0.2, -0.15) is 0 Å². The Morgan fingerprint density at radius 2 is 2.19 bits per heavy atom. The van der Waals surface area contributed by atoms with Crippen LogP contribution in [-0.2, 0) is 11.2 Å². The minimum absolute atomic E-state index is 0.00181. The highest BCUT2D eigenvalue weighted by Crippen LogP contribution is 2.33. The Balaban J connectivity index is 2.48. The molecule has 0 aliphatic carbocycles. The number of carbonyl (C=O) groups excluding carboxylic acids is 1. The first kappa shape index (κ1) is 11.1. The Bertz CT molecular complexity index is 403. The van der Waals surface area contributed by atoms with E-state index in [9.17, 15) is 9.90 Å². The fourth-order valence-electron chi connectivity index (χ4n) is 2.50. The van der Waals surface area contributed by atoms with Gasteiger partial charge in [0.15, 0.2) is 0 Å². The topological polar surface area (TPSA) is 40.5 Å². The van der Waals surface area contributed by atoms with Crippen molar-refractivity contribution in [2.45, 2.75) is 26.3 Å². The summed E-state index contributed by atoms with van der Waals surface area (Å²) in [6, 6.07) is 7.83. The number of benzene rings is 1. The molecule has 0 fully saturated rings. The average Bonchev–Trinajstić information content (AvgIpc) is 2.26. The Labute approximate surface area is 95.7 Å². The van der Waals surface area contributed by atoms with Crippen molar-refractivity contribution in [1.82, 2.24) is 0 Å². The summed E-state index contributed by atoms with van der Waals surface area (Å²) in [6.07, 6.45) is 0.922. The van der Waals surface area contributed by atoms with Gasteiger partial charge in [-0.25, -0.2) is 0 Å². The minimum atomic E-state index is -0.0904. The molecule has 0 spiro atoms. The van der Waals surface area contributed by atoms with E-state index in [2.05, 4.69) is 13.0 Å². The summed E-state index contributed by atoms with van der Waals surface area (Å²) < 4.78 is 0. The molecule has 1 amide bonds. The van der Waals surface area contributed by atoms with E-state index >= 15 is 0 Å². The number of hydrogen-bond acceptors (Lipinski definition) is 2. The van der Waals surface area contributed by atoms with Gasteiger partial charge in [-0.05, 0) is 24.0 Å². The fourth-order valence-corrected chi connectivity index (χ4v) is 2.50. The zero-order valence-electron chi connectivity index (χ0n) is 9.68. The molecule has 1 N–H and O–H groups in total. The highest BCUT2D eigenvalue weighted by molar-refractivity contribution is 5.93. The molecular weight excluding hydrogens is 202 g/mol. The largest absolute Gasteiger partial charge is 0.394 e. The Hall–Kier alpha value is -1.35. The summed E-state index contributed by atoms with van der Waals surface area (Å²) in [4.78, 5) is 13.4. The highest BCUT2D eigenvalue weighted by Gasteiger charge is 2.33. The van der Waals surface area contributed by atoms with Crippen LogP contribution in [0.1, 0.15) is 19.4 Å². The number of para-hydroxylation sites is 1. The molecule has 2 rings (SSSR count). The molecule has 1 unspecified atom stereocenters. The lowest BCUT2D eigenvalue weighted by Gasteiger charge is -2.39. The van der Waals surface area contributed by atoms with Crippen LogP contribution >= 0.6 is 0 Å². The number of carbonyl (C=O) groups is 1. The van der Waals surface area contributed by atoms with E-state index in [0.717, 1.165) is 12.1 Å². The van der Waals surface area contributed by atoms with Gasteiger partial charge in [0.2, 0.25) is 5.91 Å². The van der Waals surface area contributed by atoms with Gasteiger partial charge in [0.25, 0.3) is 0 Å². The van der Waals surface area contributed by atoms with Gasteiger partial charge in [-0.15, -0.1) is 0 Å². The second kappa shape index (κ2) is 4.26. The summed E-state index contributed by atoms with van der Waals surface area (Å²) in [5, 5.41) is 9.41. The van der Waals surface area contributed by atoms with E-state index < -0.39 is 0 Å². The maximum atomic E-state index is 11.7. The molecule has 1 aliphatic rings. The van der Waals surface area contributed by atoms with Crippen molar-refractivity contribution in [3.63, 3.8) is 0 Å². The highest BCUT2D eigenvalue weighted by atomic mass is 16.3. The molecule has 0 saturated heterocycles.